The predicted molar refractivity (Wildman–Crippen MR) is 148 cm³/mol. The highest BCUT2D eigenvalue weighted by Gasteiger charge is 2.23. The Morgan fingerprint density at radius 2 is 1.69 bits per heavy atom. The van der Waals surface area contributed by atoms with Gasteiger partial charge in [0.2, 0.25) is 5.82 Å². The van der Waals surface area contributed by atoms with Gasteiger partial charge in [-0.3, -0.25) is 13.9 Å². The summed E-state index contributed by atoms with van der Waals surface area (Å²) in [5.74, 6) is 1.29. The molecule has 1 N–H and O–H groups in total. The lowest BCUT2D eigenvalue weighted by atomic mass is 9.92. The van der Waals surface area contributed by atoms with Crippen LogP contribution < -0.4 is 11.2 Å². The Labute approximate surface area is 225 Å². The third-order valence-corrected chi connectivity index (χ3v) is 6.64. The Balaban J connectivity index is 1.59. The number of nitrogens with zero attached hydrogens (tertiary/aromatic N) is 7. The van der Waals surface area contributed by atoms with Crippen LogP contribution in [0.2, 0.25) is 0 Å². The highest BCUT2D eigenvalue weighted by molar-refractivity contribution is 5.80. The molecule has 0 aliphatic heterocycles. The first-order chi connectivity index (χ1) is 18.7. The number of H-pyrrole nitrogens is 1. The number of aromatic amines is 1. The Bertz CT molecular complexity index is 1720. The number of imidazole rings is 1. The topological polar surface area (TPSA) is 126 Å². The lowest BCUT2D eigenvalue weighted by Gasteiger charge is -2.19. The highest BCUT2D eigenvalue weighted by atomic mass is 16.5. The van der Waals surface area contributed by atoms with Crippen LogP contribution >= 0.6 is 0 Å². The van der Waals surface area contributed by atoms with Crippen molar-refractivity contribution in [2.75, 3.05) is 13.7 Å². The second kappa shape index (κ2) is 10.4. The minimum atomic E-state index is -0.402. The molecule has 0 radical (unpaired) electrons. The van der Waals surface area contributed by atoms with E-state index in [-0.39, 0.29) is 24.1 Å². The van der Waals surface area contributed by atoms with E-state index in [0.717, 1.165) is 28.1 Å². The molecule has 2 aromatic carbocycles. The van der Waals surface area contributed by atoms with Crippen molar-refractivity contribution in [2.24, 2.45) is 12.5 Å². The van der Waals surface area contributed by atoms with Crippen LogP contribution in [0.1, 0.15) is 32.2 Å². The van der Waals surface area contributed by atoms with Crippen LogP contribution in [-0.4, -0.2) is 53.0 Å². The van der Waals surface area contributed by atoms with E-state index in [9.17, 15) is 9.59 Å². The Morgan fingerprint density at radius 3 is 2.33 bits per heavy atom. The van der Waals surface area contributed by atoms with Crippen LogP contribution in [0.3, 0.4) is 0 Å². The van der Waals surface area contributed by atoms with Gasteiger partial charge in [-0.1, -0.05) is 69.3 Å². The molecule has 0 aliphatic carbocycles. The predicted octanol–water partition coefficient (Wildman–Crippen LogP) is 3.03. The molecule has 5 aromatic rings. The first-order valence-electron chi connectivity index (χ1n) is 12.8. The lowest BCUT2D eigenvalue weighted by Crippen LogP contribution is -2.40. The maximum absolute atomic E-state index is 13.6. The Morgan fingerprint density at radius 1 is 0.974 bits per heavy atom. The summed E-state index contributed by atoms with van der Waals surface area (Å²) in [7, 11) is 3.20. The number of aromatic nitrogens is 8. The number of ether oxygens (including phenoxy) is 1. The SMILES string of the molecule is COCCn1c(=O)c2c(nc(CC(C)(C)C)n2Cc2ccc(-c3ccccc3-c3nn[nH]n3)cc2)n(C)c1=O. The minimum Gasteiger partial charge on any atom is -0.383 e. The molecule has 0 amide bonds. The van der Waals surface area contributed by atoms with Crippen LogP contribution in [0.4, 0.5) is 0 Å². The molecule has 5 rings (SSSR count). The second-order valence-corrected chi connectivity index (χ2v) is 10.8. The fourth-order valence-electron chi connectivity index (χ4n) is 4.75. The van der Waals surface area contributed by atoms with E-state index in [1.807, 2.05) is 53.1 Å². The van der Waals surface area contributed by atoms with Crippen molar-refractivity contribution in [1.82, 2.24) is 39.3 Å². The third kappa shape index (κ3) is 5.17. The number of benzene rings is 2. The number of hydrogen-bond donors (Lipinski definition) is 1. The number of rotatable bonds is 8. The quantitative estimate of drug-likeness (QED) is 0.328. The average molecular weight is 529 g/mol. The van der Waals surface area contributed by atoms with Gasteiger partial charge in [-0.05, 0) is 27.3 Å². The molecule has 11 nitrogen and oxygen atoms in total. The zero-order valence-corrected chi connectivity index (χ0v) is 22.8. The van der Waals surface area contributed by atoms with Crippen LogP contribution in [0.5, 0.6) is 0 Å². The number of hydrogen-bond acceptors (Lipinski definition) is 7. The van der Waals surface area contributed by atoms with Gasteiger partial charge >= 0.3 is 5.69 Å². The summed E-state index contributed by atoms with van der Waals surface area (Å²) >= 11 is 0. The summed E-state index contributed by atoms with van der Waals surface area (Å²) < 4.78 is 9.77. The molecule has 39 heavy (non-hydrogen) atoms. The van der Waals surface area contributed by atoms with Crippen molar-refractivity contribution >= 4 is 11.2 Å². The van der Waals surface area contributed by atoms with Gasteiger partial charge in [0.15, 0.2) is 11.2 Å². The number of fused-ring (bicyclic) bond motifs is 1. The zero-order chi connectivity index (χ0) is 27.7. The summed E-state index contributed by atoms with van der Waals surface area (Å²) in [6, 6.07) is 16.1. The standard InChI is InChI=1S/C28H32N8O3/c1-28(2,3)16-22-29-25-23(26(37)35(14-15-39-5)27(38)34(25)4)36(22)17-18-10-12-19(13-11-18)20-8-6-7-9-21(20)24-30-32-33-31-24/h6-13H,14-17H2,1-5H3,(H,30,31,32,33). The molecule has 0 bridgehead atoms. The molecular formula is C28H32N8O3. The van der Waals surface area contributed by atoms with E-state index >= 15 is 0 Å². The van der Waals surface area contributed by atoms with Crippen molar-refractivity contribution in [3.8, 4) is 22.5 Å². The fraction of sp³-hybridized carbons (Fsp3) is 0.357. The summed E-state index contributed by atoms with van der Waals surface area (Å²) in [6.45, 7) is 7.25. The molecule has 0 atom stereocenters. The maximum Gasteiger partial charge on any atom is 0.332 e. The van der Waals surface area contributed by atoms with E-state index in [0.29, 0.717) is 30.0 Å². The molecular weight excluding hydrogens is 496 g/mol. The normalized spacial score (nSPS) is 11.9. The number of nitrogens with one attached hydrogen (secondary N) is 1. The van der Waals surface area contributed by atoms with Gasteiger partial charge < -0.3 is 9.30 Å². The van der Waals surface area contributed by atoms with E-state index in [1.165, 1.54) is 9.13 Å². The van der Waals surface area contributed by atoms with Crippen LogP contribution in [0.25, 0.3) is 33.7 Å². The van der Waals surface area contributed by atoms with Gasteiger partial charge in [0, 0.05) is 32.7 Å². The van der Waals surface area contributed by atoms with E-state index < -0.39 is 5.69 Å². The van der Waals surface area contributed by atoms with Gasteiger partial charge in [0.25, 0.3) is 5.56 Å². The molecule has 3 aromatic heterocycles. The highest BCUT2D eigenvalue weighted by Crippen LogP contribution is 2.30. The van der Waals surface area contributed by atoms with Gasteiger partial charge in [-0.2, -0.15) is 5.21 Å². The largest absolute Gasteiger partial charge is 0.383 e. The summed E-state index contributed by atoms with van der Waals surface area (Å²) in [5.41, 5.74) is 3.85. The Kier molecular flexibility index (Phi) is 7.00. The van der Waals surface area contributed by atoms with Crippen molar-refractivity contribution in [2.45, 2.75) is 40.3 Å². The van der Waals surface area contributed by atoms with Crippen molar-refractivity contribution in [1.29, 1.82) is 0 Å². The van der Waals surface area contributed by atoms with Crippen LogP contribution in [-0.2, 0) is 31.3 Å². The zero-order valence-electron chi connectivity index (χ0n) is 22.8. The number of tetrazole rings is 1. The number of aryl methyl sites for hydroxylation is 1. The Hall–Kier alpha value is -4.38. The summed E-state index contributed by atoms with van der Waals surface area (Å²) in [5, 5.41) is 14.5. The third-order valence-electron chi connectivity index (χ3n) is 6.64. The summed E-state index contributed by atoms with van der Waals surface area (Å²) in [6.07, 6.45) is 0.642. The van der Waals surface area contributed by atoms with Gasteiger partial charge in [0.05, 0.1) is 13.2 Å². The van der Waals surface area contributed by atoms with Gasteiger partial charge in [-0.15, -0.1) is 10.2 Å². The first kappa shape index (κ1) is 26.2. The second-order valence-electron chi connectivity index (χ2n) is 10.8. The number of methoxy groups -OCH3 is 1. The molecule has 11 heteroatoms. The van der Waals surface area contributed by atoms with E-state index in [1.54, 1.807) is 14.2 Å². The van der Waals surface area contributed by atoms with E-state index in [2.05, 4.69) is 41.4 Å². The average Bonchev–Trinajstić information content (AvgIpc) is 3.56. The van der Waals surface area contributed by atoms with Crippen LogP contribution in [0.15, 0.2) is 58.1 Å². The molecule has 0 unspecified atom stereocenters. The molecule has 3 heterocycles. The van der Waals surface area contributed by atoms with Crippen LogP contribution in [0, 0.1) is 5.41 Å². The monoisotopic (exact) mass is 528 g/mol. The molecule has 0 spiro atoms. The molecule has 0 saturated heterocycles. The summed E-state index contributed by atoms with van der Waals surface area (Å²) in [4.78, 5) is 31.4. The van der Waals surface area contributed by atoms with Crippen molar-refractivity contribution in [3.63, 3.8) is 0 Å². The lowest BCUT2D eigenvalue weighted by molar-refractivity contribution is 0.184. The smallest absolute Gasteiger partial charge is 0.332 e. The van der Waals surface area contributed by atoms with Gasteiger partial charge in [-0.25, -0.2) is 9.78 Å². The first-order valence-corrected chi connectivity index (χ1v) is 12.8. The fourth-order valence-corrected chi connectivity index (χ4v) is 4.75. The molecule has 0 aliphatic rings. The minimum absolute atomic E-state index is 0.0736. The van der Waals surface area contributed by atoms with Gasteiger partial charge in [0.1, 0.15) is 5.82 Å². The van der Waals surface area contributed by atoms with Crippen molar-refractivity contribution < 1.29 is 4.74 Å². The van der Waals surface area contributed by atoms with Crippen molar-refractivity contribution in [3.05, 3.63) is 80.8 Å². The van der Waals surface area contributed by atoms with E-state index in [4.69, 9.17) is 9.72 Å². The molecule has 0 fully saturated rings. The molecule has 0 saturated carbocycles. The molecule has 202 valence electrons. The maximum atomic E-state index is 13.6.